The van der Waals surface area contributed by atoms with Crippen molar-refractivity contribution in [3.05, 3.63) is 22.4 Å². The van der Waals surface area contributed by atoms with Crippen LogP contribution in [0.15, 0.2) is 22.5 Å². The molecular weight excluding hydrogens is 304 g/mol. The minimum absolute atomic E-state index is 0.120. The van der Waals surface area contributed by atoms with Crippen molar-refractivity contribution in [3.63, 3.8) is 0 Å². The van der Waals surface area contributed by atoms with Crippen molar-refractivity contribution in [1.29, 1.82) is 0 Å². The van der Waals surface area contributed by atoms with E-state index in [1.165, 1.54) is 24.1 Å². The van der Waals surface area contributed by atoms with Crippen LogP contribution in [0.1, 0.15) is 44.9 Å². The summed E-state index contributed by atoms with van der Waals surface area (Å²) in [5.74, 6) is 0.935. The van der Waals surface area contributed by atoms with Gasteiger partial charge in [0.2, 0.25) is 0 Å². The lowest BCUT2D eigenvalue weighted by Gasteiger charge is -2.26. The number of aliphatic imine (C=N–C) groups is 1. The molecule has 1 saturated heterocycles. The zero-order valence-corrected chi connectivity index (χ0v) is 15.6. The van der Waals surface area contributed by atoms with Gasteiger partial charge in [-0.05, 0) is 37.6 Å². The van der Waals surface area contributed by atoms with Crippen molar-refractivity contribution in [3.8, 4) is 0 Å². The van der Waals surface area contributed by atoms with Gasteiger partial charge in [0.25, 0.3) is 0 Å². The summed E-state index contributed by atoms with van der Waals surface area (Å²) in [4.78, 5) is 8.50. The molecule has 1 aliphatic carbocycles. The Balaban J connectivity index is 1.51. The first-order chi connectivity index (χ1) is 11.0. The number of rotatable bonds is 5. The normalized spacial score (nSPS) is 26.5. The van der Waals surface area contributed by atoms with Gasteiger partial charge in [0.1, 0.15) is 0 Å². The monoisotopic (exact) mass is 334 g/mol. The van der Waals surface area contributed by atoms with E-state index in [4.69, 9.17) is 0 Å². The Morgan fingerprint density at radius 2 is 2.22 bits per heavy atom. The summed E-state index contributed by atoms with van der Waals surface area (Å²) >= 11 is 1.83. The minimum Gasteiger partial charge on any atom is -0.356 e. The fourth-order valence-electron chi connectivity index (χ4n) is 3.52. The van der Waals surface area contributed by atoms with E-state index in [0.29, 0.717) is 12.1 Å². The summed E-state index contributed by atoms with van der Waals surface area (Å²) < 4.78 is 0. The van der Waals surface area contributed by atoms with Crippen molar-refractivity contribution in [1.82, 2.24) is 15.5 Å². The second-order valence-corrected chi connectivity index (χ2v) is 8.59. The first-order valence-corrected chi connectivity index (χ1v) is 9.64. The van der Waals surface area contributed by atoms with E-state index in [0.717, 1.165) is 25.1 Å². The Morgan fingerprint density at radius 1 is 1.43 bits per heavy atom. The van der Waals surface area contributed by atoms with Gasteiger partial charge in [-0.3, -0.25) is 9.89 Å². The van der Waals surface area contributed by atoms with Crippen LogP contribution in [-0.4, -0.2) is 49.1 Å². The standard InChI is InChI=1S/C18H30N4S/c1-13-10-14(11-22(13)15-7-8-15)21-17(19-4)20-12-18(2,3)16-6-5-9-23-16/h5-6,9,13-15H,7-8,10-12H2,1-4H3,(H2,19,20,21). The zero-order chi connectivity index (χ0) is 16.4. The molecule has 2 atom stereocenters. The highest BCUT2D eigenvalue weighted by molar-refractivity contribution is 7.10. The average molecular weight is 335 g/mol. The summed E-state index contributed by atoms with van der Waals surface area (Å²) in [7, 11) is 1.87. The van der Waals surface area contributed by atoms with Crippen LogP contribution < -0.4 is 10.6 Å². The first kappa shape index (κ1) is 16.8. The molecule has 128 valence electrons. The van der Waals surface area contributed by atoms with Crippen LogP contribution >= 0.6 is 11.3 Å². The lowest BCUT2D eigenvalue weighted by atomic mass is 9.91. The van der Waals surface area contributed by atoms with Crippen LogP contribution in [0.5, 0.6) is 0 Å². The van der Waals surface area contributed by atoms with E-state index >= 15 is 0 Å². The molecule has 1 aromatic heterocycles. The predicted molar refractivity (Wildman–Crippen MR) is 99.4 cm³/mol. The van der Waals surface area contributed by atoms with Crippen molar-refractivity contribution in [2.45, 2.75) is 63.6 Å². The second kappa shape index (κ2) is 6.81. The van der Waals surface area contributed by atoms with Gasteiger partial charge in [0.15, 0.2) is 5.96 Å². The molecule has 2 heterocycles. The summed E-state index contributed by atoms with van der Waals surface area (Å²) in [5, 5.41) is 9.30. The fourth-order valence-corrected chi connectivity index (χ4v) is 4.37. The molecule has 3 rings (SSSR count). The number of thiophene rings is 1. The van der Waals surface area contributed by atoms with Gasteiger partial charge in [-0.1, -0.05) is 19.9 Å². The van der Waals surface area contributed by atoms with Gasteiger partial charge in [-0.2, -0.15) is 0 Å². The number of hydrogen-bond acceptors (Lipinski definition) is 3. The lowest BCUT2D eigenvalue weighted by Crippen LogP contribution is -2.47. The Kier molecular flexibility index (Phi) is 4.97. The number of nitrogens with one attached hydrogen (secondary N) is 2. The average Bonchev–Trinajstić information content (AvgIpc) is 3.06. The van der Waals surface area contributed by atoms with Gasteiger partial charge in [0, 0.05) is 48.6 Å². The topological polar surface area (TPSA) is 39.7 Å². The molecule has 2 fully saturated rings. The Bertz CT molecular complexity index is 533. The molecule has 0 aromatic carbocycles. The van der Waals surface area contributed by atoms with E-state index < -0.39 is 0 Å². The molecule has 1 aromatic rings. The Hall–Kier alpha value is -1.07. The van der Waals surface area contributed by atoms with Crippen molar-refractivity contribution >= 4 is 17.3 Å². The Morgan fingerprint density at radius 3 is 2.83 bits per heavy atom. The molecule has 2 unspecified atom stereocenters. The maximum atomic E-state index is 4.43. The third kappa shape index (κ3) is 4.07. The molecule has 4 nitrogen and oxygen atoms in total. The number of guanidine groups is 1. The van der Waals surface area contributed by atoms with E-state index in [9.17, 15) is 0 Å². The molecule has 0 spiro atoms. The minimum atomic E-state index is 0.120. The highest BCUT2D eigenvalue weighted by atomic mass is 32.1. The van der Waals surface area contributed by atoms with E-state index in [-0.39, 0.29) is 5.41 Å². The number of nitrogens with zero attached hydrogens (tertiary/aromatic N) is 2. The molecular formula is C18H30N4S. The second-order valence-electron chi connectivity index (χ2n) is 7.64. The van der Waals surface area contributed by atoms with Crippen LogP contribution in [0.4, 0.5) is 0 Å². The van der Waals surface area contributed by atoms with E-state index in [2.05, 4.69) is 58.8 Å². The maximum Gasteiger partial charge on any atom is 0.191 e. The maximum absolute atomic E-state index is 4.43. The van der Waals surface area contributed by atoms with Gasteiger partial charge < -0.3 is 10.6 Å². The molecule has 2 aliphatic rings. The molecule has 2 N–H and O–H groups in total. The quantitative estimate of drug-likeness (QED) is 0.642. The third-order valence-electron chi connectivity index (χ3n) is 5.09. The number of likely N-dealkylation sites (tertiary alicyclic amines) is 1. The Labute approximate surface area is 144 Å². The predicted octanol–water partition coefficient (Wildman–Crippen LogP) is 2.82. The summed E-state index contributed by atoms with van der Waals surface area (Å²) in [6.45, 7) is 8.97. The number of hydrogen-bond donors (Lipinski definition) is 2. The molecule has 0 radical (unpaired) electrons. The van der Waals surface area contributed by atoms with Crippen LogP contribution in [0.2, 0.25) is 0 Å². The molecule has 1 aliphatic heterocycles. The van der Waals surface area contributed by atoms with E-state index in [1.807, 2.05) is 18.4 Å². The van der Waals surface area contributed by atoms with Crippen LogP contribution in [0.3, 0.4) is 0 Å². The van der Waals surface area contributed by atoms with E-state index in [1.54, 1.807) is 0 Å². The van der Waals surface area contributed by atoms with Gasteiger partial charge >= 0.3 is 0 Å². The summed E-state index contributed by atoms with van der Waals surface area (Å²) in [5.41, 5.74) is 0.120. The van der Waals surface area contributed by atoms with Crippen LogP contribution in [0, 0.1) is 0 Å². The van der Waals surface area contributed by atoms with Gasteiger partial charge in [-0.15, -0.1) is 11.3 Å². The summed E-state index contributed by atoms with van der Waals surface area (Å²) in [6.07, 6.45) is 3.99. The van der Waals surface area contributed by atoms with Crippen molar-refractivity contribution in [2.75, 3.05) is 20.1 Å². The van der Waals surface area contributed by atoms with Crippen molar-refractivity contribution in [2.24, 2.45) is 4.99 Å². The molecule has 0 bridgehead atoms. The molecule has 0 amide bonds. The molecule has 23 heavy (non-hydrogen) atoms. The van der Waals surface area contributed by atoms with Crippen LogP contribution in [-0.2, 0) is 5.41 Å². The smallest absolute Gasteiger partial charge is 0.191 e. The van der Waals surface area contributed by atoms with Gasteiger partial charge in [-0.25, -0.2) is 0 Å². The van der Waals surface area contributed by atoms with Crippen LogP contribution in [0.25, 0.3) is 0 Å². The first-order valence-electron chi connectivity index (χ1n) is 8.76. The lowest BCUT2D eigenvalue weighted by molar-refractivity contribution is 0.256. The third-order valence-corrected chi connectivity index (χ3v) is 6.33. The van der Waals surface area contributed by atoms with Gasteiger partial charge in [0.05, 0.1) is 0 Å². The SMILES string of the molecule is CN=C(NCC(C)(C)c1cccs1)NC1CC(C)N(C2CC2)C1. The molecule has 5 heteroatoms. The highest BCUT2D eigenvalue weighted by Gasteiger charge is 2.39. The largest absolute Gasteiger partial charge is 0.356 e. The molecule has 1 saturated carbocycles. The zero-order valence-electron chi connectivity index (χ0n) is 14.8. The highest BCUT2D eigenvalue weighted by Crippen LogP contribution is 2.33. The fraction of sp³-hybridized carbons (Fsp3) is 0.722. The summed E-state index contributed by atoms with van der Waals surface area (Å²) in [6, 6.07) is 6.41. The van der Waals surface area contributed by atoms with Crippen molar-refractivity contribution < 1.29 is 0 Å².